The van der Waals surface area contributed by atoms with Crippen molar-refractivity contribution in [2.45, 2.75) is 13.2 Å². The Morgan fingerprint density at radius 3 is 2.67 bits per heavy atom. The van der Waals surface area contributed by atoms with E-state index < -0.39 is 17.1 Å². The second-order valence-corrected chi connectivity index (χ2v) is 9.32. The van der Waals surface area contributed by atoms with Crippen LogP contribution in [0.5, 0.6) is 11.5 Å². The summed E-state index contributed by atoms with van der Waals surface area (Å²) in [6.07, 6.45) is 1.57. The maximum atomic E-state index is 13.4. The van der Waals surface area contributed by atoms with Crippen LogP contribution in [-0.2, 0) is 22.7 Å². The van der Waals surface area contributed by atoms with E-state index in [9.17, 15) is 18.8 Å². The normalized spacial score (nSPS) is 14.4. The van der Waals surface area contributed by atoms with Gasteiger partial charge < -0.3 is 18.6 Å². The second kappa shape index (κ2) is 11.0. The number of carbonyl (C=O) groups is 3. The standard InChI is InChI=1S/C25H19BrFNO7S/c1-32-20-9-15(18(26)11-21(20)34-13-14-4-3-5-16(27)8-14)10-22-23(29)28(25(31)36-22)12-17-6-7-19(35-17)24(30)33-2/h3-11H,12-13H2,1-2H3/b22-10+. The summed E-state index contributed by atoms with van der Waals surface area (Å²) in [5, 5.41) is -0.472. The minimum Gasteiger partial charge on any atom is -0.493 e. The molecule has 2 aromatic carbocycles. The van der Waals surface area contributed by atoms with E-state index in [1.54, 1.807) is 30.3 Å². The summed E-state index contributed by atoms with van der Waals surface area (Å²) >= 11 is 4.25. The van der Waals surface area contributed by atoms with Gasteiger partial charge in [-0.25, -0.2) is 9.18 Å². The van der Waals surface area contributed by atoms with Gasteiger partial charge >= 0.3 is 5.97 Å². The molecule has 1 aliphatic rings. The number of hydrogen-bond donors (Lipinski definition) is 0. The zero-order valence-electron chi connectivity index (χ0n) is 19.1. The van der Waals surface area contributed by atoms with Crippen LogP contribution < -0.4 is 9.47 Å². The quantitative estimate of drug-likeness (QED) is 0.246. The number of thioether (sulfide) groups is 1. The highest BCUT2D eigenvalue weighted by molar-refractivity contribution is 9.10. The Morgan fingerprint density at radius 2 is 1.94 bits per heavy atom. The smallest absolute Gasteiger partial charge is 0.373 e. The van der Waals surface area contributed by atoms with Crippen molar-refractivity contribution in [2.24, 2.45) is 0 Å². The van der Waals surface area contributed by atoms with Gasteiger partial charge in [-0.2, -0.15) is 0 Å². The van der Waals surface area contributed by atoms with Crippen molar-refractivity contribution in [1.29, 1.82) is 0 Å². The van der Waals surface area contributed by atoms with Crippen LogP contribution in [0.2, 0.25) is 0 Å². The molecule has 0 bridgehead atoms. The summed E-state index contributed by atoms with van der Waals surface area (Å²) in [6.45, 7) is -0.000380. The molecule has 8 nitrogen and oxygen atoms in total. The molecular formula is C25H19BrFNO7S. The average molecular weight is 576 g/mol. The van der Waals surface area contributed by atoms with Gasteiger partial charge in [0.15, 0.2) is 11.5 Å². The van der Waals surface area contributed by atoms with E-state index in [1.165, 1.54) is 38.5 Å². The van der Waals surface area contributed by atoms with Crippen LogP contribution >= 0.6 is 27.7 Å². The second-order valence-electron chi connectivity index (χ2n) is 7.47. The van der Waals surface area contributed by atoms with Gasteiger partial charge in [0.1, 0.15) is 18.2 Å². The number of methoxy groups -OCH3 is 2. The Bertz CT molecular complexity index is 1370. The molecule has 1 aliphatic heterocycles. The number of halogens is 2. The molecule has 2 heterocycles. The van der Waals surface area contributed by atoms with Gasteiger partial charge in [0.25, 0.3) is 11.1 Å². The number of amides is 2. The molecule has 0 atom stereocenters. The summed E-state index contributed by atoms with van der Waals surface area (Å²) in [6, 6.07) is 12.3. The third-order valence-electron chi connectivity index (χ3n) is 5.09. The number of imide groups is 1. The van der Waals surface area contributed by atoms with Crippen LogP contribution in [0.3, 0.4) is 0 Å². The molecule has 36 heavy (non-hydrogen) atoms. The largest absolute Gasteiger partial charge is 0.493 e. The molecule has 0 aliphatic carbocycles. The fourth-order valence-electron chi connectivity index (χ4n) is 3.33. The molecule has 0 unspecified atom stereocenters. The van der Waals surface area contributed by atoms with E-state index in [1.807, 2.05) is 0 Å². The van der Waals surface area contributed by atoms with Crippen molar-refractivity contribution in [3.63, 3.8) is 0 Å². The number of ether oxygens (including phenoxy) is 3. The van der Waals surface area contributed by atoms with Crippen LogP contribution in [0.4, 0.5) is 9.18 Å². The third-order valence-corrected chi connectivity index (χ3v) is 6.68. The molecule has 186 valence electrons. The topological polar surface area (TPSA) is 95.3 Å². The van der Waals surface area contributed by atoms with Crippen LogP contribution in [0.25, 0.3) is 6.08 Å². The monoisotopic (exact) mass is 575 g/mol. The first-order chi connectivity index (χ1) is 17.3. The Balaban J connectivity index is 1.51. The predicted molar refractivity (Wildman–Crippen MR) is 133 cm³/mol. The van der Waals surface area contributed by atoms with E-state index in [-0.39, 0.29) is 35.4 Å². The van der Waals surface area contributed by atoms with E-state index in [0.29, 0.717) is 27.1 Å². The Kier molecular flexibility index (Phi) is 7.80. The lowest BCUT2D eigenvalue weighted by Crippen LogP contribution is -2.27. The van der Waals surface area contributed by atoms with E-state index in [0.717, 1.165) is 16.7 Å². The summed E-state index contributed by atoms with van der Waals surface area (Å²) in [5.74, 6) is -0.461. The van der Waals surface area contributed by atoms with Crippen molar-refractivity contribution >= 4 is 50.9 Å². The highest BCUT2D eigenvalue weighted by Gasteiger charge is 2.36. The molecule has 1 saturated heterocycles. The van der Waals surface area contributed by atoms with Gasteiger partial charge in [-0.1, -0.05) is 28.1 Å². The fraction of sp³-hybridized carbons (Fsp3) is 0.160. The van der Waals surface area contributed by atoms with Gasteiger partial charge in [0.2, 0.25) is 5.76 Å². The van der Waals surface area contributed by atoms with Crippen molar-refractivity contribution in [3.05, 3.63) is 86.4 Å². The average Bonchev–Trinajstić information content (AvgIpc) is 3.44. The Hall–Kier alpha value is -3.57. The van der Waals surface area contributed by atoms with E-state index >= 15 is 0 Å². The van der Waals surface area contributed by atoms with E-state index in [2.05, 4.69) is 20.7 Å². The molecule has 0 N–H and O–H groups in total. The minimum absolute atomic E-state index is 0.0225. The highest BCUT2D eigenvalue weighted by Crippen LogP contribution is 2.38. The fourth-order valence-corrected chi connectivity index (χ4v) is 4.59. The number of rotatable bonds is 8. The lowest BCUT2D eigenvalue weighted by molar-refractivity contribution is -0.123. The SMILES string of the molecule is COC(=O)c1ccc(CN2C(=O)S/C(=C/c3cc(OC)c(OCc4cccc(F)c4)cc3Br)C2=O)o1. The lowest BCUT2D eigenvalue weighted by Gasteiger charge is -2.13. The summed E-state index contributed by atoms with van der Waals surface area (Å²) in [7, 11) is 2.70. The van der Waals surface area contributed by atoms with Gasteiger partial charge in [-0.05, 0) is 65.4 Å². The number of esters is 1. The molecule has 0 spiro atoms. The number of nitrogens with zero attached hydrogens (tertiary/aromatic N) is 1. The van der Waals surface area contributed by atoms with Crippen LogP contribution in [0.15, 0.2) is 62.3 Å². The molecule has 11 heteroatoms. The van der Waals surface area contributed by atoms with Crippen molar-refractivity contribution in [3.8, 4) is 11.5 Å². The first-order valence-corrected chi connectivity index (χ1v) is 12.1. The highest BCUT2D eigenvalue weighted by atomic mass is 79.9. The van der Waals surface area contributed by atoms with Crippen molar-refractivity contribution < 1.29 is 37.4 Å². The van der Waals surface area contributed by atoms with Crippen LogP contribution in [0.1, 0.15) is 27.4 Å². The number of furan rings is 1. The zero-order chi connectivity index (χ0) is 25.8. The van der Waals surface area contributed by atoms with Gasteiger partial charge in [-0.3, -0.25) is 14.5 Å². The van der Waals surface area contributed by atoms with Gasteiger partial charge in [-0.15, -0.1) is 0 Å². The molecule has 1 fully saturated rings. The third kappa shape index (κ3) is 5.63. The van der Waals surface area contributed by atoms with Crippen LogP contribution in [0, 0.1) is 5.82 Å². The molecule has 3 aromatic rings. The number of benzene rings is 2. The molecule has 1 aromatic heterocycles. The molecule has 4 rings (SSSR count). The molecule has 0 radical (unpaired) electrons. The van der Waals surface area contributed by atoms with Gasteiger partial charge in [0, 0.05) is 4.47 Å². The first-order valence-electron chi connectivity index (χ1n) is 10.5. The van der Waals surface area contributed by atoms with E-state index in [4.69, 9.17) is 13.9 Å². The summed E-state index contributed by atoms with van der Waals surface area (Å²) in [4.78, 5) is 38.2. The Morgan fingerprint density at radius 1 is 1.14 bits per heavy atom. The summed E-state index contributed by atoms with van der Waals surface area (Å²) in [5.41, 5.74) is 1.24. The first kappa shape index (κ1) is 25.5. The summed E-state index contributed by atoms with van der Waals surface area (Å²) < 4.78 is 35.2. The van der Waals surface area contributed by atoms with Crippen molar-refractivity contribution in [1.82, 2.24) is 4.90 Å². The minimum atomic E-state index is -0.655. The lowest BCUT2D eigenvalue weighted by atomic mass is 10.1. The van der Waals surface area contributed by atoms with Crippen molar-refractivity contribution in [2.75, 3.05) is 14.2 Å². The Labute approximate surface area is 218 Å². The maximum absolute atomic E-state index is 13.4. The molecule has 0 saturated carbocycles. The molecule has 2 amide bonds. The number of carbonyl (C=O) groups excluding carboxylic acids is 3. The zero-order valence-corrected chi connectivity index (χ0v) is 21.5. The predicted octanol–water partition coefficient (Wildman–Crippen LogP) is 5.79. The number of hydrogen-bond acceptors (Lipinski definition) is 8. The van der Waals surface area contributed by atoms with Crippen LogP contribution in [-0.4, -0.2) is 36.2 Å². The maximum Gasteiger partial charge on any atom is 0.373 e. The van der Waals surface area contributed by atoms with Gasteiger partial charge in [0.05, 0.1) is 25.7 Å². The molecular weight excluding hydrogens is 557 g/mol.